The second-order valence-corrected chi connectivity index (χ2v) is 12.2. The number of rotatable bonds is 6. The number of carbonyl (C=O) groups excluding carboxylic acids is 1. The lowest BCUT2D eigenvalue weighted by Crippen LogP contribution is -2.48. The molecule has 37 heavy (non-hydrogen) atoms. The largest absolute Gasteiger partial charge is 0.373 e. The van der Waals surface area contributed by atoms with E-state index >= 15 is 0 Å². The molecule has 1 fully saturated rings. The summed E-state index contributed by atoms with van der Waals surface area (Å²) in [6.07, 6.45) is 1.32. The average Bonchev–Trinajstić information content (AvgIpc) is 3.32. The zero-order valence-corrected chi connectivity index (χ0v) is 22.5. The summed E-state index contributed by atoms with van der Waals surface area (Å²) in [6.45, 7) is 6.54. The normalized spacial score (nSPS) is 18.7. The molecule has 5 rings (SSSR count). The van der Waals surface area contributed by atoms with Crippen LogP contribution in [0.5, 0.6) is 0 Å². The lowest BCUT2D eigenvalue weighted by Gasteiger charge is -2.34. The van der Waals surface area contributed by atoms with Crippen LogP contribution in [0.3, 0.4) is 0 Å². The molecule has 0 N–H and O–H groups in total. The predicted octanol–water partition coefficient (Wildman–Crippen LogP) is 4.64. The third-order valence-corrected chi connectivity index (χ3v) is 9.15. The number of nitrogens with zero attached hydrogens (tertiary/aromatic N) is 4. The Bertz CT molecular complexity index is 1510. The van der Waals surface area contributed by atoms with Crippen LogP contribution in [-0.2, 0) is 21.3 Å². The van der Waals surface area contributed by atoms with Crippen LogP contribution in [0.4, 0.5) is 5.13 Å². The highest BCUT2D eigenvalue weighted by Gasteiger charge is 2.32. The molecule has 10 heteroatoms. The summed E-state index contributed by atoms with van der Waals surface area (Å²) in [6, 6.07) is 17.6. The molecule has 0 radical (unpaired) electrons. The molecule has 2 unspecified atom stereocenters. The van der Waals surface area contributed by atoms with Gasteiger partial charge in [0.2, 0.25) is 10.0 Å². The first kappa shape index (κ1) is 25.5. The van der Waals surface area contributed by atoms with Gasteiger partial charge in [0.05, 0.1) is 39.6 Å². The Morgan fingerprint density at radius 1 is 1.05 bits per heavy atom. The number of sulfonamides is 1. The third-order valence-electron chi connectivity index (χ3n) is 6.26. The van der Waals surface area contributed by atoms with Crippen LogP contribution < -0.4 is 4.90 Å². The highest BCUT2D eigenvalue weighted by Crippen LogP contribution is 2.32. The number of anilines is 1. The second-order valence-electron chi connectivity index (χ2n) is 9.23. The molecular formula is C27H28N4O4S2. The lowest BCUT2D eigenvalue weighted by atomic mass is 10.2. The number of ether oxygens (including phenoxy) is 1. The average molecular weight is 537 g/mol. The van der Waals surface area contributed by atoms with E-state index in [0.29, 0.717) is 23.8 Å². The number of para-hydroxylation sites is 1. The van der Waals surface area contributed by atoms with Crippen molar-refractivity contribution in [2.24, 2.45) is 0 Å². The van der Waals surface area contributed by atoms with Crippen molar-refractivity contribution in [3.63, 3.8) is 0 Å². The number of fused-ring (bicyclic) bond motifs is 1. The Labute approximate surface area is 220 Å². The Morgan fingerprint density at radius 3 is 2.43 bits per heavy atom. The molecule has 3 heterocycles. The quantitative estimate of drug-likeness (QED) is 0.356. The zero-order chi connectivity index (χ0) is 26.2. The topological polar surface area (TPSA) is 92.7 Å². The van der Waals surface area contributed by atoms with Gasteiger partial charge in [-0.2, -0.15) is 4.31 Å². The van der Waals surface area contributed by atoms with Crippen molar-refractivity contribution in [1.82, 2.24) is 14.3 Å². The first-order valence-electron chi connectivity index (χ1n) is 12.1. The zero-order valence-electron chi connectivity index (χ0n) is 20.9. The summed E-state index contributed by atoms with van der Waals surface area (Å²) in [5.74, 6) is -0.278. The predicted molar refractivity (Wildman–Crippen MR) is 144 cm³/mol. The van der Waals surface area contributed by atoms with Crippen LogP contribution in [0.1, 0.15) is 35.5 Å². The van der Waals surface area contributed by atoms with E-state index in [1.54, 1.807) is 23.2 Å². The minimum atomic E-state index is -3.71. The van der Waals surface area contributed by atoms with Crippen LogP contribution in [-0.4, -0.2) is 53.9 Å². The molecule has 2 aromatic heterocycles. The van der Waals surface area contributed by atoms with Gasteiger partial charge in [-0.25, -0.2) is 13.4 Å². The van der Waals surface area contributed by atoms with Crippen LogP contribution in [0.2, 0.25) is 0 Å². The standard InChI is InChI=1S/C27H28N4O4S2/c1-18-7-6-9-24-25(18)29-27(36-24)31(17-22-8-4-5-14-28-22)26(32)21-10-12-23(13-11-21)37(33,34)30-15-19(2)35-20(3)16-30/h4-14,19-20H,15-17H2,1-3H3. The number of hydrogen-bond acceptors (Lipinski definition) is 7. The minimum absolute atomic E-state index is 0.150. The first-order valence-corrected chi connectivity index (χ1v) is 14.3. The van der Waals surface area contributed by atoms with E-state index < -0.39 is 10.0 Å². The van der Waals surface area contributed by atoms with Crippen molar-refractivity contribution in [3.8, 4) is 0 Å². The van der Waals surface area contributed by atoms with Gasteiger partial charge >= 0.3 is 0 Å². The fourth-order valence-corrected chi connectivity index (χ4v) is 7.10. The number of thiazole rings is 1. The molecule has 1 amide bonds. The summed E-state index contributed by atoms with van der Waals surface area (Å²) >= 11 is 1.44. The maximum atomic E-state index is 13.7. The van der Waals surface area contributed by atoms with Crippen LogP contribution >= 0.6 is 11.3 Å². The van der Waals surface area contributed by atoms with E-state index in [0.717, 1.165) is 21.5 Å². The van der Waals surface area contributed by atoms with Gasteiger partial charge in [0.1, 0.15) is 0 Å². The number of aromatic nitrogens is 2. The number of benzene rings is 2. The lowest BCUT2D eigenvalue weighted by molar-refractivity contribution is -0.0440. The third kappa shape index (κ3) is 5.28. The number of hydrogen-bond donors (Lipinski definition) is 0. The SMILES string of the molecule is Cc1cccc2sc(N(Cc3ccccn3)C(=O)c3ccc(S(=O)(=O)N4CC(C)OC(C)C4)cc3)nc12. The van der Waals surface area contributed by atoms with Gasteiger partial charge in [-0.15, -0.1) is 0 Å². The van der Waals surface area contributed by atoms with E-state index in [1.165, 1.54) is 27.8 Å². The van der Waals surface area contributed by atoms with E-state index in [2.05, 4.69) is 4.98 Å². The molecule has 0 aliphatic carbocycles. The molecular weight excluding hydrogens is 508 g/mol. The Morgan fingerprint density at radius 2 is 1.78 bits per heavy atom. The fraction of sp³-hybridized carbons (Fsp3) is 0.296. The Kier molecular flexibility index (Phi) is 7.09. The number of aryl methyl sites for hydroxylation is 1. The van der Waals surface area contributed by atoms with Gasteiger partial charge < -0.3 is 4.74 Å². The van der Waals surface area contributed by atoms with Crippen LogP contribution in [0.25, 0.3) is 10.2 Å². The van der Waals surface area contributed by atoms with Crippen molar-refractivity contribution in [3.05, 3.63) is 83.7 Å². The van der Waals surface area contributed by atoms with Crippen molar-refractivity contribution in [1.29, 1.82) is 0 Å². The van der Waals surface area contributed by atoms with E-state index in [1.807, 2.05) is 57.2 Å². The molecule has 0 saturated carbocycles. The maximum absolute atomic E-state index is 13.7. The van der Waals surface area contributed by atoms with Crippen LogP contribution in [0, 0.1) is 6.92 Å². The Hall–Kier alpha value is -3.18. The van der Waals surface area contributed by atoms with E-state index in [-0.39, 0.29) is 29.6 Å². The Balaban J connectivity index is 1.46. The minimum Gasteiger partial charge on any atom is -0.373 e. The summed E-state index contributed by atoms with van der Waals surface area (Å²) in [4.78, 5) is 24.7. The smallest absolute Gasteiger partial charge is 0.260 e. The molecule has 8 nitrogen and oxygen atoms in total. The molecule has 2 aromatic carbocycles. The van der Waals surface area contributed by atoms with Gasteiger partial charge in [-0.3, -0.25) is 14.7 Å². The molecule has 1 saturated heterocycles. The van der Waals surface area contributed by atoms with Crippen LogP contribution in [0.15, 0.2) is 71.8 Å². The summed E-state index contributed by atoms with van der Waals surface area (Å²) in [5, 5.41) is 0.563. The van der Waals surface area contributed by atoms with Crippen molar-refractivity contribution < 1.29 is 17.9 Å². The van der Waals surface area contributed by atoms with Crippen molar-refractivity contribution >= 4 is 42.6 Å². The molecule has 2 atom stereocenters. The van der Waals surface area contributed by atoms with E-state index in [4.69, 9.17) is 9.72 Å². The number of carbonyl (C=O) groups is 1. The van der Waals surface area contributed by atoms with Crippen molar-refractivity contribution in [2.45, 2.75) is 44.4 Å². The number of morpholine rings is 1. The highest BCUT2D eigenvalue weighted by molar-refractivity contribution is 7.89. The monoisotopic (exact) mass is 536 g/mol. The highest BCUT2D eigenvalue weighted by atomic mass is 32.2. The number of amides is 1. The van der Waals surface area contributed by atoms with Gasteiger partial charge in [0.15, 0.2) is 5.13 Å². The van der Waals surface area contributed by atoms with Gasteiger partial charge in [0, 0.05) is 24.8 Å². The maximum Gasteiger partial charge on any atom is 0.260 e. The van der Waals surface area contributed by atoms with E-state index in [9.17, 15) is 13.2 Å². The number of pyridine rings is 1. The molecule has 0 bridgehead atoms. The van der Waals surface area contributed by atoms with Gasteiger partial charge in [-0.1, -0.05) is 29.5 Å². The molecule has 1 aliphatic heterocycles. The summed E-state index contributed by atoms with van der Waals surface area (Å²) in [7, 11) is -3.71. The molecule has 1 aliphatic rings. The summed E-state index contributed by atoms with van der Waals surface area (Å²) < 4.78 is 34.6. The van der Waals surface area contributed by atoms with Crippen molar-refractivity contribution in [2.75, 3.05) is 18.0 Å². The second kappa shape index (κ2) is 10.3. The van der Waals surface area contributed by atoms with Gasteiger partial charge in [0.25, 0.3) is 5.91 Å². The first-order chi connectivity index (χ1) is 17.7. The molecule has 0 spiro atoms. The molecule has 192 valence electrons. The van der Waals surface area contributed by atoms with Gasteiger partial charge in [-0.05, 0) is 68.8 Å². The molecule has 4 aromatic rings. The fourth-order valence-electron chi connectivity index (χ4n) is 4.47. The summed E-state index contributed by atoms with van der Waals surface area (Å²) in [5.41, 5.74) is 2.99.